The van der Waals surface area contributed by atoms with Crippen molar-refractivity contribution in [2.24, 2.45) is 5.92 Å². The van der Waals surface area contributed by atoms with Crippen molar-refractivity contribution in [1.29, 1.82) is 0 Å². The fraction of sp³-hybridized carbons (Fsp3) is 0.600. The molecule has 0 aliphatic heterocycles. The van der Waals surface area contributed by atoms with Gasteiger partial charge in [-0.3, -0.25) is 9.59 Å². The molecule has 0 aromatic heterocycles. The van der Waals surface area contributed by atoms with Gasteiger partial charge >= 0.3 is 0 Å². The van der Waals surface area contributed by atoms with E-state index in [9.17, 15) is 9.59 Å². The van der Waals surface area contributed by atoms with Crippen LogP contribution >= 0.6 is 0 Å². The first kappa shape index (κ1) is 20.2. The molecule has 6 nitrogen and oxygen atoms in total. The van der Waals surface area contributed by atoms with Crippen molar-refractivity contribution >= 4 is 17.5 Å². The zero-order valence-corrected chi connectivity index (χ0v) is 16.3. The third-order valence-corrected chi connectivity index (χ3v) is 5.36. The van der Waals surface area contributed by atoms with E-state index in [-0.39, 0.29) is 30.4 Å². The summed E-state index contributed by atoms with van der Waals surface area (Å²) in [4.78, 5) is 25.7. The van der Waals surface area contributed by atoms with Crippen molar-refractivity contribution in [1.82, 2.24) is 5.32 Å². The van der Waals surface area contributed by atoms with Crippen molar-refractivity contribution < 1.29 is 19.2 Å². The molecule has 1 aromatic rings. The Morgan fingerprint density at radius 2 is 2.04 bits per heavy atom. The molecule has 4 atom stereocenters. The standard InChI is InChI=1S/C20H31N3O3/c1-14-8-5-6-11-18(14)22-20(25)15(2)23(3)13-19(24)21-16-9-7-10-17(12-16)26-4/h7,9-10,12,14-15,18H,5-6,8,11,13H2,1-4H3,(H,21,24)(H,22,25)/p+1/t14-,15-,18-/m1/s1. The minimum atomic E-state index is -0.278. The van der Waals surface area contributed by atoms with Gasteiger partial charge in [-0.05, 0) is 37.8 Å². The number of likely N-dealkylation sites (N-methyl/N-ethyl adjacent to an activating group) is 1. The highest BCUT2D eigenvalue weighted by molar-refractivity contribution is 5.91. The molecule has 1 aliphatic rings. The Hall–Kier alpha value is -2.08. The van der Waals surface area contributed by atoms with Crippen molar-refractivity contribution in [2.45, 2.75) is 51.6 Å². The Labute approximate surface area is 156 Å². The Morgan fingerprint density at radius 1 is 1.31 bits per heavy atom. The van der Waals surface area contributed by atoms with Crippen molar-refractivity contribution in [3.63, 3.8) is 0 Å². The number of hydrogen-bond acceptors (Lipinski definition) is 3. The topological polar surface area (TPSA) is 71.9 Å². The minimum absolute atomic E-state index is 0.0235. The summed E-state index contributed by atoms with van der Waals surface area (Å²) in [6.07, 6.45) is 4.65. The summed E-state index contributed by atoms with van der Waals surface area (Å²) in [6.45, 7) is 4.30. The van der Waals surface area contributed by atoms with E-state index in [0.717, 1.165) is 11.3 Å². The van der Waals surface area contributed by atoms with Crippen LogP contribution in [0, 0.1) is 5.92 Å². The number of hydrogen-bond donors (Lipinski definition) is 3. The highest BCUT2D eigenvalue weighted by Gasteiger charge is 2.29. The Morgan fingerprint density at radius 3 is 2.73 bits per heavy atom. The molecule has 0 saturated heterocycles. The number of methoxy groups -OCH3 is 1. The summed E-state index contributed by atoms with van der Waals surface area (Å²) in [5.41, 5.74) is 0.690. The predicted molar refractivity (Wildman–Crippen MR) is 102 cm³/mol. The number of carbonyl (C=O) groups excluding carboxylic acids is 2. The molecule has 2 amide bonds. The number of rotatable bonds is 7. The van der Waals surface area contributed by atoms with Crippen LogP contribution in [0.15, 0.2) is 24.3 Å². The SMILES string of the molecule is COc1cccc(NC(=O)C[NH+](C)[C@H](C)C(=O)N[C@@H]2CCCC[C@H]2C)c1. The lowest BCUT2D eigenvalue weighted by Gasteiger charge is -2.31. The Balaban J connectivity index is 1.83. The average Bonchev–Trinajstić information content (AvgIpc) is 2.62. The maximum absolute atomic E-state index is 12.5. The molecule has 26 heavy (non-hydrogen) atoms. The first-order valence-electron chi connectivity index (χ1n) is 9.47. The first-order valence-corrected chi connectivity index (χ1v) is 9.47. The number of benzene rings is 1. The summed E-state index contributed by atoms with van der Waals surface area (Å²) in [5, 5.41) is 6.04. The highest BCUT2D eigenvalue weighted by atomic mass is 16.5. The fourth-order valence-corrected chi connectivity index (χ4v) is 3.37. The fourth-order valence-electron chi connectivity index (χ4n) is 3.37. The monoisotopic (exact) mass is 362 g/mol. The van der Waals surface area contributed by atoms with Gasteiger partial charge in [0.1, 0.15) is 5.75 Å². The maximum Gasteiger partial charge on any atom is 0.279 e. The highest BCUT2D eigenvalue weighted by Crippen LogP contribution is 2.23. The molecule has 144 valence electrons. The molecule has 0 radical (unpaired) electrons. The lowest BCUT2D eigenvalue weighted by molar-refractivity contribution is -0.885. The minimum Gasteiger partial charge on any atom is -0.497 e. The van der Waals surface area contributed by atoms with Crippen LogP contribution in [0.25, 0.3) is 0 Å². The van der Waals surface area contributed by atoms with Gasteiger partial charge in [-0.1, -0.05) is 25.8 Å². The lowest BCUT2D eigenvalue weighted by atomic mass is 9.86. The third-order valence-electron chi connectivity index (χ3n) is 5.36. The quantitative estimate of drug-likeness (QED) is 0.683. The Kier molecular flexibility index (Phi) is 7.45. The third kappa shape index (κ3) is 5.73. The number of anilines is 1. The summed E-state index contributed by atoms with van der Waals surface area (Å²) >= 11 is 0. The second kappa shape index (κ2) is 9.57. The van der Waals surface area contributed by atoms with Gasteiger partial charge in [-0.25, -0.2) is 0 Å². The van der Waals surface area contributed by atoms with E-state index < -0.39 is 0 Å². The van der Waals surface area contributed by atoms with Gasteiger partial charge in [0.15, 0.2) is 12.6 Å². The van der Waals surface area contributed by atoms with E-state index in [2.05, 4.69) is 17.6 Å². The molecule has 6 heteroatoms. The number of nitrogens with one attached hydrogen (secondary N) is 3. The molecular weight excluding hydrogens is 330 g/mol. The van der Waals surface area contributed by atoms with Gasteiger partial charge in [-0.2, -0.15) is 0 Å². The molecule has 0 spiro atoms. The molecule has 1 fully saturated rings. The van der Waals surface area contributed by atoms with Crippen LogP contribution in [0.4, 0.5) is 5.69 Å². The maximum atomic E-state index is 12.5. The molecule has 3 N–H and O–H groups in total. The van der Waals surface area contributed by atoms with Gasteiger partial charge in [0.2, 0.25) is 0 Å². The summed E-state index contributed by atoms with van der Waals surface area (Å²) in [5.74, 6) is 1.12. The Bertz CT molecular complexity index is 620. The molecule has 0 heterocycles. The number of carbonyl (C=O) groups is 2. The summed E-state index contributed by atoms with van der Waals surface area (Å²) in [6, 6.07) is 7.22. The van der Waals surface area contributed by atoms with Crippen LogP contribution in [-0.2, 0) is 9.59 Å². The van der Waals surface area contributed by atoms with E-state index in [0.29, 0.717) is 17.4 Å². The smallest absolute Gasteiger partial charge is 0.279 e. The van der Waals surface area contributed by atoms with Crippen LogP contribution in [0.2, 0.25) is 0 Å². The van der Waals surface area contributed by atoms with Crippen molar-refractivity contribution in [3.8, 4) is 5.75 Å². The van der Waals surface area contributed by atoms with E-state index >= 15 is 0 Å². The summed E-state index contributed by atoms with van der Waals surface area (Å²) in [7, 11) is 3.46. The van der Waals surface area contributed by atoms with Gasteiger partial charge in [0, 0.05) is 17.8 Å². The van der Waals surface area contributed by atoms with Gasteiger partial charge in [-0.15, -0.1) is 0 Å². The molecular formula is C20H32N3O3+. The molecule has 1 aliphatic carbocycles. The van der Waals surface area contributed by atoms with Gasteiger partial charge in [0.25, 0.3) is 11.8 Å². The number of ether oxygens (including phenoxy) is 1. The number of quaternary nitrogens is 1. The van der Waals surface area contributed by atoms with Crippen molar-refractivity contribution in [3.05, 3.63) is 24.3 Å². The van der Waals surface area contributed by atoms with Crippen LogP contribution in [0.3, 0.4) is 0 Å². The number of amides is 2. The first-order chi connectivity index (χ1) is 12.4. The normalized spacial score (nSPS) is 22.2. The van der Waals surface area contributed by atoms with E-state index in [1.54, 1.807) is 13.2 Å². The van der Waals surface area contributed by atoms with Crippen LogP contribution in [-0.4, -0.2) is 44.6 Å². The van der Waals surface area contributed by atoms with Gasteiger partial charge < -0.3 is 20.3 Å². The molecule has 1 saturated carbocycles. The molecule has 2 rings (SSSR count). The summed E-state index contributed by atoms with van der Waals surface area (Å²) < 4.78 is 5.16. The van der Waals surface area contributed by atoms with Crippen LogP contribution < -0.4 is 20.3 Å². The predicted octanol–water partition coefficient (Wildman–Crippen LogP) is 1.23. The van der Waals surface area contributed by atoms with Crippen molar-refractivity contribution in [2.75, 3.05) is 26.0 Å². The second-order valence-corrected chi connectivity index (χ2v) is 7.40. The molecule has 0 bridgehead atoms. The molecule has 1 aromatic carbocycles. The van der Waals surface area contributed by atoms with E-state index in [4.69, 9.17) is 4.74 Å². The van der Waals surface area contributed by atoms with Crippen LogP contribution in [0.5, 0.6) is 5.75 Å². The second-order valence-electron chi connectivity index (χ2n) is 7.40. The zero-order chi connectivity index (χ0) is 19.1. The van der Waals surface area contributed by atoms with Gasteiger partial charge in [0.05, 0.1) is 14.2 Å². The largest absolute Gasteiger partial charge is 0.497 e. The zero-order valence-electron chi connectivity index (χ0n) is 16.3. The lowest BCUT2D eigenvalue weighted by Crippen LogP contribution is -3.15. The average molecular weight is 362 g/mol. The van der Waals surface area contributed by atoms with E-state index in [1.165, 1.54) is 19.3 Å². The van der Waals surface area contributed by atoms with Crippen LogP contribution in [0.1, 0.15) is 39.5 Å². The molecule has 1 unspecified atom stereocenters. The van der Waals surface area contributed by atoms with E-state index in [1.807, 2.05) is 32.2 Å².